The van der Waals surface area contributed by atoms with Gasteiger partial charge in [0, 0.05) is 11.1 Å². The first kappa shape index (κ1) is 24.1. The fraction of sp³-hybridized carbons (Fsp3) is 0.276. The van der Waals surface area contributed by atoms with Crippen LogP contribution in [0.2, 0.25) is 0 Å². The van der Waals surface area contributed by atoms with Crippen molar-refractivity contribution in [2.24, 2.45) is 10.2 Å². The Morgan fingerprint density at radius 3 is 2.03 bits per heavy atom. The van der Waals surface area contributed by atoms with Crippen LogP contribution in [0.5, 0.6) is 5.75 Å². The van der Waals surface area contributed by atoms with Crippen molar-refractivity contribution < 1.29 is 9.53 Å². The number of ketones is 1. The molecule has 0 unspecified atom stereocenters. The molecule has 3 aromatic rings. The molecule has 0 radical (unpaired) electrons. The van der Waals surface area contributed by atoms with Gasteiger partial charge in [-0.3, -0.25) is 4.79 Å². The van der Waals surface area contributed by atoms with E-state index < -0.39 is 0 Å². The molecule has 0 fully saturated rings. The lowest BCUT2D eigenvalue weighted by Gasteiger charge is -2.06. The summed E-state index contributed by atoms with van der Waals surface area (Å²) < 4.78 is 5.83. The number of unbranched alkanes of at least 4 members (excludes halogenated alkanes) is 5. The first-order chi connectivity index (χ1) is 16.3. The van der Waals surface area contributed by atoms with Gasteiger partial charge in [0.25, 0.3) is 0 Å². The topological polar surface area (TPSA) is 51.0 Å². The maximum Gasteiger partial charge on any atom is 0.213 e. The fourth-order valence-corrected chi connectivity index (χ4v) is 3.43. The van der Waals surface area contributed by atoms with Crippen molar-refractivity contribution in [1.82, 2.24) is 0 Å². The van der Waals surface area contributed by atoms with E-state index in [2.05, 4.69) is 17.1 Å². The van der Waals surface area contributed by atoms with Crippen LogP contribution in [0.4, 0.5) is 0 Å². The molecule has 0 saturated carbocycles. The second-order valence-electron chi connectivity index (χ2n) is 7.94. The number of hydrogen-bond donors (Lipinski definition) is 0. The molecular weight excluding hydrogens is 408 g/mol. The Labute approximate surface area is 197 Å². The van der Waals surface area contributed by atoms with Crippen molar-refractivity contribution >= 4 is 17.7 Å². The second-order valence-corrected chi connectivity index (χ2v) is 7.94. The molecule has 0 saturated heterocycles. The molecule has 0 atom stereocenters. The van der Waals surface area contributed by atoms with Crippen LogP contribution in [-0.2, 0) is 0 Å². The minimum Gasteiger partial charge on any atom is -0.494 e. The van der Waals surface area contributed by atoms with Gasteiger partial charge >= 0.3 is 0 Å². The largest absolute Gasteiger partial charge is 0.494 e. The Hall–Kier alpha value is -3.53. The van der Waals surface area contributed by atoms with Gasteiger partial charge < -0.3 is 4.74 Å². The Balaban J connectivity index is 1.60. The van der Waals surface area contributed by atoms with E-state index in [1.807, 2.05) is 72.8 Å². The summed E-state index contributed by atoms with van der Waals surface area (Å²) in [5.74, 6) is 0.700. The lowest BCUT2D eigenvalue weighted by molar-refractivity contribution is 0.106. The number of nitrogens with zero attached hydrogens (tertiary/aromatic N) is 2. The van der Waals surface area contributed by atoms with E-state index in [1.54, 1.807) is 18.3 Å². The van der Waals surface area contributed by atoms with Crippen LogP contribution >= 0.6 is 0 Å². The normalized spacial score (nSPS) is 11.6. The summed E-state index contributed by atoms with van der Waals surface area (Å²) in [5.41, 5.74) is 2.53. The molecule has 0 amide bonds. The van der Waals surface area contributed by atoms with Crippen LogP contribution < -0.4 is 4.74 Å². The van der Waals surface area contributed by atoms with Gasteiger partial charge in [-0.1, -0.05) is 99.7 Å². The van der Waals surface area contributed by atoms with Crippen molar-refractivity contribution in [3.63, 3.8) is 0 Å². The van der Waals surface area contributed by atoms with Crippen LogP contribution in [0, 0.1) is 0 Å². The van der Waals surface area contributed by atoms with Crippen LogP contribution in [0.15, 0.2) is 95.1 Å². The quantitative estimate of drug-likeness (QED) is 0.123. The molecule has 4 nitrogen and oxygen atoms in total. The maximum atomic E-state index is 13.0. The van der Waals surface area contributed by atoms with E-state index in [4.69, 9.17) is 4.74 Å². The van der Waals surface area contributed by atoms with Crippen molar-refractivity contribution in [2.75, 3.05) is 6.61 Å². The molecule has 0 bridgehead atoms. The number of Topliss-reactive ketones (excluding diaryl/α,β-unsaturated/α-hetero) is 1. The van der Waals surface area contributed by atoms with Gasteiger partial charge in [-0.2, -0.15) is 5.10 Å². The molecule has 0 aromatic heterocycles. The van der Waals surface area contributed by atoms with Crippen molar-refractivity contribution in [3.8, 4) is 5.75 Å². The monoisotopic (exact) mass is 440 g/mol. The van der Waals surface area contributed by atoms with Crippen LogP contribution in [0.1, 0.15) is 66.9 Å². The smallest absolute Gasteiger partial charge is 0.213 e. The number of carbonyl (C=O) groups excluding carboxylic acids is 1. The number of benzene rings is 3. The Morgan fingerprint density at radius 1 is 0.758 bits per heavy atom. The summed E-state index contributed by atoms with van der Waals surface area (Å²) in [6.45, 7) is 2.97. The van der Waals surface area contributed by atoms with Gasteiger partial charge in [0.15, 0.2) is 0 Å². The summed E-state index contributed by atoms with van der Waals surface area (Å²) in [6, 6.07) is 26.3. The van der Waals surface area contributed by atoms with Crippen LogP contribution in [0.25, 0.3) is 0 Å². The molecule has 3 rings (SSSR count). The average molecular weight is 441 g/mol. The van der Waals surface area contributed by atoms with Gasteiger partial charge in [0.05, 0.1) is 12.8 Å². The maximum absolute atomic E-state index is 13.0. The summed E-state index contributed by atoms with van der Waals surface area (Å²) in [6.07, 6.45) is 9.14. The number of hydrogen-bond acceptors (Lipinski definition) is 4. The zero-order chi connectivity index (χ0) is 23.1. The van der Waals surface area contributed by atoms with E-state index in [9.17, 15) is 4.79 Å². The van der Waals surface area contributed by atoms with Gasteiger partial charge in [0.1, 0.15) is 11.5 Å². The van der Waals surface area contributed by atoms with Crippen molar-refractivity contribution in [3.05, 3.63) is 102 Å². The Morgan fingerprint density at radius 2 is 1.36 bits per heavy atom. The highest BCUT2D eigenvalue weighted by molar-refractivity contribution is 6.51. The molecule has 0 heterocycles. The standard InChI is InChI=1S/C29H32N2O2/c1-2-3-4-5-6-13-22-33-27-20-18-24(19-21-27)23-30-31-28(25-14-9-7-10-15-25)29(32)26-16-11-8-12-17-26/h7-12,14-21,23H,2-6,13,22H2,1H3. The number of ether oxygens (including phenoxy) is 1. The fourth-order valence-electron chi connectivity index (χ4n) is 3.43. The van der Waals surface area contributed by atoms with Gasteiger partial charge in [-0.25, -0.2) is 0 Å². The van der Waals surface area contributed by atoms with E-state index in [0.29, 0.717) is 11.3 Å². The highest BCUT2D eigenvalue weighted by Gasteiger charge is 2.15. The second kappa shape index (κ2) is 13.8. The predicted molar refractivity (Wildman–Crippen MR) is 137 cm³/mol. The summed E-state index contributed by atoms with van der Waals surface area (Å²) in [5, 5.41) is 8.49. The molecule has 3 aromatic carbocycles. The molecule has 0 spiro atoms. The molecule has 0 aliphatic rings. The molecule has 170 valence electrons. The van der Waals surface area contributed by atoms with Crippen LogP contribution in [-0.4, -0.2) is 24.3 Å². The first-order valence-corrected chi connectivity index (χ1v) is 11.8. The van der Waals surface area contributed by atoms with E-state index >= 15 is 0 Å². The van der Waals surface area contributed by atoms with E-state index in [-0.39, 0.29) is 5.78 Å². The predicted octanol–water partition coefficient (Wildman–Crippen LogP) is 7.13. The summed E-state index contributed by atoms with van der Waals surface area (Å²) >= 11 is 0. The van der Waals surface area contributed by atoms with Gasteiger partial charge in [-0.05, 0) is 36.2 Å². The first-order valence-electron chi connectivity index (χ1n) is 11.8. The summed E-state index contributed by atoms with van der Waals surface area (Å²) in [4.78, 5) is 13.0. The molecule has 4 heteroatoms. The van der Waals surface area contributed by atoms with Crippen molar-refractivity contribution in [2.45, 2.75) is 45.4 Å². The zero-order valence-electron chi connectivity index (χ0n) is 19.3. The molecule has 0 aliphatic carbocycles. The van der Waals surface area contributed by atoms with E-state index in [0.717, 1.165) is 29.9 Å². The Kier molecular flexibility index (Phi) is 10.1. The van der Waals surface area contributed by atoms with E-state index in [1.165, 1.54) is 32.1 Å². The third-order valence-corrected chi connectivity index (χ3v) is 5.31. The van der Waals surface area contributed by atoms with Crippen molar-refractivity contribution in [1.29, 1.82) is 0 Å². The lowest BCUT2D eigenvalue weighted by atomic mass is 10.0. The zero-order valence-corrected chi connectivity index (χ0v) is 19.3. The summed E-state index contributed by atoms with van der Waals surface area (Å²) in [7, 11) is 0. The minimum absolute atomic E-state index is 0.155. The lowest BCUT2D eigenvalue weighted by Crippen LogP contribution is -2.15. The average Bonchev–Trinajstić information content (AvgIpc) is 2.87. The molecule has 0 aliphatic heterocycles. The van der Waals surface area contributed by atoms with Crippen LogP contribution in [0.3, 0.4) is 0 Å². The molecule has 0 N–H and O–H groups in total. The third kappa shape index (κ3) is 8.15. The van der Waals surface area contributed by atoms with Gasteiger partial charge in [-0.15, -0.1) is 5.10 Å². The highest BCUT2D eigenvalue weighted by Crippen LogP contribution is 2.13. The Bertz CT molecular complexity index is 1030. The molecular formula is C29H32N2O2. The number of carbonyl (C=O) groups is 1. The molecule has 33 heavy (non-hydrogen) atoms. The van der Waals surface area contributed by atoms with Gasteiger partial charge in [0.2, 0.25) is 5.78 Å². The third-order valence-electron chi connectivity index (χ3n) is 5.31. The SMILES string of the molecule is CCCCCCCCOc1ccc(C=NN=C(C(=O)c2ccccc2)c2ccccc2)cc1. The number of rotatable bonds is 13. The highest BCUT2D eigenvalue weighted by atomic mass is 16.5. The minimum atomic E-state index is -0.155.